The second kappa shape index (κ2) is 6.33. The Labute approximate surface area is 126 Å². The largest absolute Gasteiger partial charge is 0.453 e. The Morgan fingerprint density at radius 1 is 1.30 bits per heavy atom. The standard InChI is InChI=1S/C13H14Cl2N2O3/c1-20-13(19)17-4-2-3-11(17)12(18)16-10-6-8(14)5-9(15)7-10/h5-7,11H,2-4H2,1H3,(H,16,18). The van der Waals surface area contributed by atoms with Gasteiger partial charge in [0.2, 0.25) is 5.91 Å². The van der Waals surface area contributed by atoms with E-state index < -0.39 is 12.1 Å². The van der Waals surface area contributed by atoms with Crippen LogP contribution in [0.5, 0.6) is 0 Å². The first-order valence-electron chi connectivity index (χ1n) is 6.13. The molecule has 20 heavy (non-hydrogen) atoms. The Hall–Kier alpha value is -1.46. The molecule has 0 aromatic heterocycles. The van der Waals surface area contributed by atoms with Gasteiger partial charge in [-0.05, 0) is 31.0 Å². The van der Waals surface area contributed by atoms with Gasteiger partial charge in [0.15, 0.2) is 0 Å². The number of likely N-dealkylation sites (tertiary alicyclic amines) is 1. The van der Waals surface area contributed by atoms with Gasteiger partial charge >= 0.3 is 6.09 Å². The molecule has 1 aromatic carbocycles. The van der Waals surface area contributed by atoms with Crippen LogP contribution in [0.3, 0.4) is 0 Å². The first-order chi connectivity index (χ1) is 9.51. The average Bonchev–Trinajstić information content (AvgIpc) is 2.85. The number of methoxy groups -OCH3 is 1. The van der Waals surface area contributed by atoms with E-state index in [4.69, 9.17) is 23.2 Å². The predicted molar refractivity (Wildman–Crippen MR) is 77.2 cm³/mol. The lowest BCUT2D eigenvalue weighted by atomic mass is 10.2. The van der Waals surface area contributed by atoms with Gasteiger partial charge in [-0.1, -0.05) is 23.2 Å². The van der Waals surface area contributed by atoms with Crippen molar-refractivity contribution in [1.29, 1.82) is 0 Å². The van der Waals surface area contributed by atoms with E-state index in [1.54, 1.807) is 18.2 Å². The number of benzene rings is 1. The second-order valence-corrected chi connectivity index (χ2v) is 5.34. The van der Waals surface area contributed by atoms with Crippen LogP contribution in [0.1, 0.15) is 12.8 Å². The zero-order valence-electron chi connectivity index (χ0n) is 10.9. The van der Waals surface area contributed by atoms with Crippen LogP contribution in [0.4, 0.5) is 10.5 Å². The molecule has 2 amide bonds. The van der Waals surface area contributed by atoms with E-state index in [2.05, 4.69) is 10.1 Å². The van der Waals surface area contributed by atoms with Crippen LogP contribution >= 0.6 is 23.2 Å². The van der Waals surface area contributed by atoms with E-state index in [1.807, 2.05) is 0 Å². The highest BCUT2D eigenvalue weighted by molar-refractivity contribution is 6.35. The van der Waals surface area contributed by atoms with Crippen LogP contribution in [-0.4, -0.2) is 36.6 Å². The van der Waals surface area contributed by atoms with E-state index >= 15 is 0 Å². The summed E-state index contributed by atoms with van der Waals surface area (Å²) in [4.78, 5) is 25.2. The van der Waals surface area contributed by atoms with Gasteiger partial charge in [-0.3, -0.25) is 9.69 Å². The van der Waals surface area contributed by atoms with Gasteiger partial charge in [0.1, 0.15) is 6.04 Å². The van der Waals surface area contributed by atoms with Gasteiger partial charge in [-0.25, -0.2) is 4.79 Å². The Bertz CT molecular complexity index is 516. The molecule has 1 aromatic rings. The highest BCUT2D eigenvalue weighted by Gasteiger charge is 2.34. The molecule has 1 fully saturated rings. The topological polar surface area (TPSA) is 58.6 Å². The molecule has 0 aliphatic carbocycles. The van der Waals surface area contributed by atoms with Gasteiger partial charge in [0, 0.05) is 22.3 Å². The van der Waals surface area contributed by atoms with Crippen molar-refractivity contribution >= 4 is 40.9 Å². The van der Waals surface area contributed by atoms with Crippen LogP contribution < -0.4 is 5.32 Å². The van der Waals surface area contributed by atoms with E-state index in [1.165, 1.54) is 12.0 Å². The van der Waals surface area contributed by atoms with Gasteiger partial charge < -0.3 is 10.1 Å². The quantitative estimate of drug-likeness (QED) is 0.911. The Balaban J connectivity index is 2.09. The summed E-state index contributed by atoms with van der Waals surface area (Å²) in [5, 5.41) is 3.59. The molecular formula is C13H14Cl2N2O3. The molecular weight excluding hydrogens is 303 g/mol. The smallest absolute Gasteiger partial charge is 0.410 e. The first-order valence-corrected chi connectivity index (χ1v) is 6.88. The molecule has 1 saturated heterocycles. The number of anilines is 1. The normalized spacial score (nSPS) is 17.9. The minimum absolute atomic E-state index is 0.272. The maximum absolute atomic E-state index is 12.2. The summed E-state index contributed by atoms with van der Waals surface area (Å²) < 4.78 is 4.67. The van der Waals surface area contributed by atoms with Gasteiger partial charge in [0.05, 0.1) is 7.11 Å². The molecule has 2 rings (SSSR count). The minimum Gasteiger partial charge on any atom is -0.453 e. The third-order valence-corrected chi connectivity index (χ3v) is 3.53. The summed E-state index contributed by atoms with van der Waals surface area (Å²) in [6.45, 7) is 0.515. The molecule has 0 radical (unpaired) electrons. The molecule has 0 saturated carbocycles. The lowest BCUT2D eigenvalue weighted by Gasteiger charge is -2.22. The number of hydrogen-bond donors (Lipinski definition) is 1. The Kier molecular flexibility index (Phi) is 4.73. The molecule has 1 N–H and O–H groups in total. The van der Waals surface area contributed by atoms with Gasteiger partial charge in [-0.2, -0.15) is 0 Å². The Morgan fingerprint density at radius 3 is 2.55 bits per heavy atom. The third-order valence-electron chi connectivity index (χ3n) is 3.09. The number of carbonyl (C=O) groups is 2. The molecule has 7 heteroatoms. The van der Waals surface area contributed by atoms with Crippen LogP contribution in [0, 0.1) is 0 Å². The molecule has 1 aliphatic heterocycles. The number of rotatable bonds is 2. The molecule has 1 unspecified atom stereocenters. The van der Waals surface area contributed by atoms with Crippen molar-refractivity contribution in [2.75, 3.05) is 19.0 Å². The number of hydrogen-bond acceptors (Lipinski definition) is 3. The summed E-state index contributed by atoms with van der Waals surface area (Å²) in [6.07, 6.45) is 0.880. The molecule has 5 nitrogen and oxygen atoms in total. The van der Waals surface area contributed by atoms with Gasteiger partial charge in [-0.15, -0.1) is 0 Å². The lowest BCUT2D eigenvalue weighted by molar-refractivity contribution is -0.119. The van der Waals surface area contributed by atoms with Crippen LogP contribution in [-0.2, 0) is 9.53 Å². The molecule has 0 spiro atoms. The minimum atomic E-state index is -0.528. The van der Waals surface area contributed by atoms with Crippen LogP contribution in [0.25, 0.3) is 0 Å². The number of carbonyl (C=O) groups excluding carboxylic acids is 2. The van der Waals surface area contributed by atoms with Crippen molar-refractivity contribution in [1.82, 2.24) is 4.90 Å². The van der Waals surface area contributed by atoms with Crippen molar-refractivity contribution in [3.05, 3.63) is 28.2 Å². The first kappa shape index (κ1) is 14.9. The summed E-state index contributed by atoms with van der Waals surface area (Å²) in [7, 11) is 1.30. The summed E-state index contributed by atoms with van der Waals surface area (Å²) in [5.41, 5.74) is 0.504. The number of halogens is 2. The van der Waals surface area contributed by atoms with E-state index in [0.717, 1.165) is 6.42 Å². The van der Waals surface area contributed by atoms with Gasteiger partial charge in [0.25, 0.3) is 0 Å². The Morgan fingerprint density at radius 2 is 1.95 bits per heavy atom. The molecule has 108 valence electrons. The second-order valence-electron chi connectivity index (χ2n) is 4.47. The number of amides is 2. The van der Waals surface area contributed by atoms with Crippen LogP contribution in [0.15, 0.2) is 18.2 Å². The van der Waals surface area contributed by atoms with Crippen molar-refractivity contribution in [3.8, 4) is 0 Å². The van der Waals surface area contributed by atoms with E-state index in [-0.39, 0.29) is 5.91 Å². The highest BCUT2D eigenvalue weighted by Crippen LogP contribution is 2.24. The monoisotopic (exact) mass is 316 g/mol. The number of nitrogens with one attached hydrogen (secondary N) is 1. The zero-order chi connectivity index (χ0) is 14.7. The fraction of sp³-hybridized carbons (Fsp3) is 0.385. The molecule has 1 heterocycles. The summed E-state index contributed by atoms with van der Waals surface area (Å²) >= 11 is 11.7. The van der Waals surface area contributed by atoms with E-state index in [9.17, 15) is 9.59 Å². The average molecular weight is 317 g/mol. The van der Waals surface area contributed by atoms with E-state index in [0.29, 0.717) is 28.7 Å². The fourth-order valence-corrected chi connectivity index (χ4v) is 2.75. The lowest BCUT2D eigenvalue weighted by Crippen LogP contribution is -2.43. The molecule has 0 bridgehead atoms. The SMILES string of the molecule is COC(=O)N1CCCC1C(=O)Nc1cc(Cl)cc(Cl)c1. The van der Waals surface area contributed by atoms with Crippen molar-refractivity contribution in [3.63, 3.8) is 0 Å². The zero-order valence-corrected chi connectivity index (χ0v) is 12.4. The van der Waals surface area contributed by atoms with Crippen molar-refractivity contribution in [2.45, 2.75) is 18.9 Å². The van der Waals surface area contributed by atoms with Crippen molar-refractivity contribution in [2.24, 2.45) is 0 Å². The summed E-state index contributed by atoms with van der Waals surface area (Å²) in [5.74, 6) is -0.272. The van der Waals surface area contributed by atoms with Crippen LogP contribution in [0.2, 0.25) is 10.0 Å². The molecule has 1 atom stereocenters. The predicted octanol–water partition coefficient (Wildman–Crippen LogP) is 3.16. The number of nitrogens with zero attached hydrogens (tertiary/aromatic N) is 1. The third kappa shape index (κ3) is 3.35. The molecule has 1 aliphatic rings. The van der Waals surface area contributed by atoms with Crippen molar-refractivity contribution < 1.29 is 14.3 Å². The fourth-order valence-electron chi connectivity index (χ4n) is 2.23. The summed E-state index contributed by atoms with van der Waals surface area (Å²) in [6, 6.07) is 4.25. The maximum atomic E-state index is 12.2. The number of ether oxygens (including phenoxy) is 1. The maximum Gasteiger partial charge on any atom is 0.410 e. The highest BCUT2D eigenvalue weighted by atomic mass is 35.5.